The van der Waals surface area contributed by atoms with Crippen LogP contribution in [-0.4, -0.2) is 34.6 Å². The van der Waals surface area contributed by atoms with E-state index in [1.807, 2.05) is 50.2 Å². The SMILES string of the molecule is Cc1cc(OCCCC(=O)NC(Cc2c[nH]c3ccccc23)C(=O)O)cc(C)c1Cl. The predicted octanol–water partition coefficient (Wildman–Crippen LogP) is 4.41. The fourth-order valence-corrected chi connectivity index (χ4v) is 3.51. The largest absolute Gasteiger partial charge is 0.494 e. The number of fused-ring (bicyclic) bond motifs is 1. The minimum Gasteiger partial charge on any atom is -0.494 e. The molecule has 0 fully saturated rings. The smallest absolute Gasteiger partial charge is 0.326 e. The normalized spacial score (nSPS) is 12.0. The van der Waals surface area contributed by atoms with Crippen molar-refractivity contribution in [2.24, 2.45) is 0 Å². The summed E-state index contributed by atoms with van der Waals surface area (Å²) in [5.41, 5.74) is 3.67. The molecule has 1 heterocycles. The average Bonchev–Trinajstić information content (AvgIpc) is 3.11. The van der Waals surface area contributed by atoms with Crippen LogP contribution in [0.25, 0.3) is 10.9 Å². The summed E-state index contributed by atoms with van der Waals surface area (Å²) in [7, 11) is 0. The molecule has 3 N–H and O–H groups in total. The van der Waals surface area contributed by atoms with Crippen LogP contribution in [0, 0.1) is 13.8 Å². The van der Waals surface area contributed by atoms with Gasteiger partial charge in [-0.3, -0.25) is 4.79 Å². The maximum atomic E-state index is 12.3. The number of aromatic amines is 1. The van der Waals surface area contributed by atoms with Gasteiger partial charge in [-0.05, 0) is 55.2 Å². The molecule has 6 nitrogen and oxygen atoms in total. The number of carbonyl (C=O) groups is 2. The lowest BCUT2D eigenvalue weighted by molar-refractivity contribution is -0.141. The highest BCUT2D eigenvalue weighted by Gasteiger charge is 2.21. The molecule has 1 unspecified atom stereocenters. The van der Waals surface area contributed by atoms with Gasteiger partial charge in [0.1, 0.15) is 11.8 Å². The van der Waals surface area contributed by atoms with Gasteiger partial charge >= 0.3 is 5.97 Å². The van der Waals surface area contributed by atoms with Crippen LogP contribution in [0.3, 0.4) is 0 Å². The van der Waals surface area contributed by atoms with E-state index in [0.29, 0.717) is 18.8 Å². The standard InChI is InChI=1S/C23H25ClN2O4/c1-14-10-17(11-15(2)22(14)24)30-9-5-8-21(27)26-20(23(28)29)12-16-13-25-19-7-4-3-6-18(16)19/h3-4,6-7,10-11,13,20,25H,5,8-9,12H2,1-2H3,(H,26,27)(H,28,29). The summed E-state index contributed by atoms with van der Waals surface area (Å²) in [6.07, 6.45) is 2.66. The fourth-order valence-electron chi connectivity index (χ4n) is 3.40. The van der Waals surface area contributed by atoms with Crippen molar-refractivity contribution in [1.29, 1.82) is 0 Å². The van der Waals surface area contributed by atoms with E-state index in [-0.39, 0.29) is 18.7 Å². The van der Waals surface area contributed by atoms with Gasteiger partial charge in [-0.2, -0.15) is 0 Å². The predicted molar refractivity (Wildman–Crippen MR) is 117 cm³/mol. The molecular weight excluding hydrogens is 404 g/mol. The zero-order valence-electron chi connectivity index (χ0n) is 17.0. The number of carboxylic acid groups (broad SMARTS) is 1. The van der Waals surface area contributed by atoms with Crippen LogP contribution in [0.2, 0.25) is 5.02 Å². The second-order valence-corrected chi connectivity index (χ2v) is 7.72. The first-order valence-corrected chi connectivity index (χ1v) is 10.2. The molecule has 0 spiro atoms. The fraction of sp³-hybridized carbons (Fsp3) is 0.304. The van der Waals surface area contributed by atoms with Crippen LogP contribution in [0.4, 0.5) is 0 Å². The average molecular weight is 429 g/mol. The second kappa shape index (κ2) is 9.67. The highest BCUT2D eigenvalue weighted by Crippen LogP contribution is 2.26. The number of benzene rings is 2. The van der Waals surface area contributed by atoms with E-state index >= 15 is 0 Å². The van der Waals surface area contributed by atoms with Crippen molar-refractivity contribution < 1.29 is 19.4 Å². The summed E-state index contributed by atoms with van der Waals surface area (Å²) in [5.74, 6) is -0.663. The lowest BCUT2D eigenvalue weighted by Gasteiger charge is -2.14. The Morgan fingerprint density at radius 1 is 1.20 bits per heavy atom. The molecule has 1 amide bonds. The Morgan fingerprint density at radius 3 is 2.60 bits per heavy atom. The third kappa shape index (κ3) is 5.33. The maximum Gasteiger partial charge on any atom is 0.326 e. The van der Waals surface area contributed by atoms with Gasteiger partial charge in [0.25, 0.3) is 0 Å². The molecule has 2 aromatic carbocycles. The van der Waals surface area contributed by atoms with Gasteiger partial charge in [0.15, 0.2) is 0 Å². The number of aliphatic carboxylic acids is 1. The number of hydrogen-bond acceptors (Lipinski definition) is 3. The van der Waals surface area contributed by atoms with Gasteiger partial charge in [0.2, 0.25) is 5.91 Å². The number of ether oxygens (including phenoxy) is 1. The number of amides is 1. The van der Waals surface area contributed by atoms with E-state index < -0.39 is 12.0 Å². The van der Waals surface area contributed by atoms with Crippen LogP contribution in [0.15, 0.2) is 42.6 Å². The number of H-pyrrole nitrogens is 1. The summed E-state index contributed by atoms with van der Waals surface area (Å²) in [6, 6.07) is 10.4. The third-order valence-electron chi connectivity index (χ3n) is 4.96. The number of halogens is 1. The molecule has 0 aliphatic rings. The Labute approximate surface area is 180 Å². The lowest BCUT2D eigenvalue weighted by atomic mass is 10.0. The number of para-hydroxylation sites is 1. The second-order valence-electron chi connectivity index (χ2n) is 7.35. The molecule has 0 radical (unpaired) electrons. The Morgan fingerprint density at radius 2 is 1.90 bits per heavy atom. The monoisotopic (exact) mass is 428 g/mol. The van der Waals surface area contributed by atoms with Gasteiger partial charge in [-0.1, -0.05) is 29.8 Å². The van der Waals surface area contributed by atoms with Crippen LogP contribution >= 0.6 is 11.6 Å². The van der Waals surface area contributed by atoms with E-state index in [1.165, 1.54) is 0 Å². The molecule has 0 saturated heterocycles. The number of aromatic nitrogens is 1. The highest BCUT2D eigenvalue weighted by molar-refractivity contribution is 6.32. The summed E-state index contributed by atoms with van der Waals surface area (Å²) >= 11 is 6.15. The minimum absolute atomic E-state index is 0.184. The van der Waals surface area contributed by atoms with Gasteiger partial charge in [-0.25, -0.2) is 4.79 Å². The minimum atomic E-state index is -1.06. The van der Waals surface area contributed by atoms with Crippen molar-refractivity contribution in [2.75, 3.05) is 6.61 Å². The van der Waals surface area contributed by atoms with Crippen molar-refractivity contribution in [3.05, 3.63) is 64.3 Å². The summed E-state index contributed by atoms with van der Waals surface area (Å²) in [6.45, 7) is 4.18. The van der Waals surface area contributed by atoms with Gasteiger partial charge in [-0.15, -0.1) is 0 Å². The van der Waals surface area contributed by atoms with Crippen molar-refractivity contribution in [1.82, 2.24) is 10.3 Å². The molecule has 30 heavy (non-hydrogen) atoms. The zero-order valence-corrected chi connectivity index (χ0v) is 17.8. The first-order chi connectivity index (χ1) is 14.3. The molecule has 0 bridgehead atoms. The highest BCUT2D eigenvalue weighted by atomic mass is 35.5. The van der Waals surface area contributed by atoms with E-state index in [2.05, 4.69) is 10.3 Å². The van der Waals surface area contributed by atoms with E-state index in [9.17, 15) is 14.7 Å². The molecule has 0 aliphatic heterocycles. The summed E-state index contributed by atoms with van der Waals surface area (Å²) < 4.78 is 5.70. The van der Waals surface area contributed by atoms with E-state index in [0.717, 1.165) is 32.6 Å². The Balaban J connectivity index is 1.50. The molecular formula is C23H25ClN2O4. The van der Waals surface area contributed by atoms with Crippen LogP contribution in [0.1, 0.15) is 29.5 Å². The van der Waals surface area contributed by atoms with Crippen molar-refractivity contribution >= 4 is 34.4 Å². The first kappa shape index (κ1) is 21.7. The molecule has 1 aromatic heterocycles. The molecule has 7 heteroatoms. The number of carboxylic acids is 1. The number of aryl methyl sites for hydroxylation is 2. The van der Waals surface area contributed by atoms with E-state index in [1.54, 1.807) is 6.20 Å². The maximum absolute atomic E-state index is 12.3. The van der Waals surface area contributed by atoms with Gasteiger partial charge < -0.3 is 20.1 Å². The van der Waals surface area contributed by atoms with Crippen LogP contribution in [-0.2, 0) is 16.0 Å². The zero-order chi connectivity index (χ0) is 21.7. The first-order valence-electron chi connectivity index (χ1n) is 9.82. The molecule has 3 rings (SSSR count). The number of carbonyl (C=O) groups excluding carboxylic acids is 1. The topological polar surface area (TPSA) is 91.4 Å². The van der Waals surface area contributed by atoms with Crippen molar-refractivity contribution in [2.45, 2.75) is 39.2 Å². The van der Waals surface area contributed by atoms with E-state index in [4.69, 9.17) is 16.3 Å². The number of nitrogens with one attached hydrogen (secondary N) is 2. The Kier molecular flexibility index (Phi) is 7.00. The Hall–Kier alpha value is -2.99. The molecule has 1 atom stereocenters. The van der Waals surface area contributed by atoms with Crippen molar-refractivity contribution in [3.8, 4) is 5.75 Å². The third-order valence-corrected chi connectivity index (χ3v) is 5.56. The van der Waals surface area contributed by atoms with Gasteiger partial charge in [0, 0.05) is 35.0 Å². The Bertz CT molecular complexity index is 1040. The molecule has 0 aliphatic carbocycles. The van der Waals surface area contributed by atoms with Crippen molar-refractivity contribution in [3.63, 3.8) is 0 Å². The van der Waals surface area contributed by atoms with Crippen LogP contribution in [0.5, 0.6) is 5.75 Å². The summed E-state index contributed by atoms with van der Waals surface area (Å²) in [4.78, 5) is 27.0. The molecule has 158 valence electrons. The van der Waals surface area contributed by atoms with Crippen LogP contribution < -0.4 is 10.1 Å². The number of hydrogen-bond donors (Lipinski definition) is 3. The summed E-state index contributed by atoms with van der Waals surface area (Å²) in [5, 5.41) is 13.8. The quantitative estimate of drug-likeness (QED) is 0.440. The molecule has 3 aromatic rings. The van der Waals surface area contributed by atoms with Gasteiger partial charge in [0.05, 0.1) is 6.61 Å². The lowest BCUT2D eigenvalue weighted by Crippen LogP contribution is -2.42. The molecule has 0 saturated carbocycles. The number of rotatable bonds is 9.